The molecule has 1 unspecified atom stereocenters. The number of aliphatic hydroxyl groups excluding tert-OH is 1. The number of hydrogen-bond acceptors (Lipinski definition) is 7. The summed E-state index contributed by atoms with van der Waals surface area (Å²) in [6.45, 7) is 11.8. The highest BCUT2D eigenvalue weighted by molar-refractivity contribution is 6.61. The van der Waals surface area contributed by atoms with Gasteiger partial charge < -0.3 is 24.1 Å². The molecule has 0 spiro atoms. The van der Waals surface area contributed by atoms with Crippen molar-refractivity contribution < 1.29 is 19.2 Å². The van der Waals surface area contributed by atoms with Crippen molar-refractivity contribution in [1.29, 1.82) is 0 Å². The van der Waals surface area contributed by atoms with Crippen LogP contribution < -0.4 is 10.2 Å². The van der Waals surface area contributed by atoms with Gasteiger partial charge in [-0.1, -0.05) is 0 Å². The lowest BCUT2D eigenvalue weighted by Crippen LogP contribution is -2.41. The molecule has 1 aromatic rings. The van der Waals surface area contributed by atoms with Crippen LogP contribution in [0.3, 0.4) is 0 Å². The van der Waals surface area contributed by atoms with Gasteiger partial charge in [-0.25, -0.2) is 9.97 Å². The van der Waals surface area contributed by atoms with Gasteiger partial charge in [0.2, 0.25) is 0 Å². The van der Waals surface area contributed by atoms with Crippen LogP contribution >= 0.6 is 0 Å². The van der Waals surface area contributed by atoms with Gasteiger partial charge >= 0.3 is 13.1 Å². The van der Waals surface area contributed by atoms with E-state index in [0.717, 1.165) is 31.5 Å². The van der Waals surface area contributed by atoms with Gasteiger partial charge in [-0.05, 0) is 59.4 Å². The van der Waals surface area contributed by atoms with Gasteiger partial charge in [-0.3, -0.25) is 0 Å². The Balaban J connectivity index is 1.46. The monoisotopic (exact) mass is 377 g/mol. The summed E-state index contributed by atoms with van der Waals surface area (Å²) in [5, 5.41) is 9.09. The Bertz CT molecular complexity index is 593. The highest BCUT2D eigenvalue weighted by atomic mass is 16.7. The summed E-state index contributed by atoms with van der Waals surface area (Å²) in [6.07, 6.45) is 6.81. The minimum Gasteiger partial charge on any atom is -0.463 e. The highest BCUT2D eigenvalue weighted by Crippen LogP contribution is 2.36. The van der Waals surface area contributed by atoms with Gasteiger partial charge in [0.15, 0.2) is 0 Å². The third kappa shape index (κ3) is 4.99. The number of β-amino-alcohol motifs (C(OH)–C–C–N with tert-alkyl or cyclic N) is 1. The van der Waals surface area contributed by atoms with E-state index in [1.165, 1.54) is 12.8 Å². The molecular weight excluding hydrogens is 345 g/mol. The van der Waals surface area contributed by atoms with Crippen molar-refractivity contribution in [2.45, 2.75) is 58.2 Å². The van der Waals surface area contributed by atoms with Crippen molar-refractivity contribution in [3.8, 4) is 6.01 Å². The van der Waals surface area contributed by atoms with Crippen LogP contribution in [0.4, 0.5) is 0 Å². The van der Waals surface area contributed by atoms with Crippen LogP contribution in [0.2, 0.25) is 0 Å². The fourth-order valence-electron chi connectivity index (χ4n) is 3.55. The highest BCUT2D eigenvalue weighted by Gasteiger charge is 2.51. The smallest absolute Gasteiger partial charge is 0.463 e. The average Bonchev–Trinajstić information content (AvgIpc) is 2.84. The van der Waals surface area contributed by atoms with Crippen molar-refractivity contribution in [1.82, 2.24) is 14.9 Å². The first kappa shape index (κ1) is 20.5. The molecule has 3 heterocycles. The van der Waals surface area contributed by atoms with E-state index in [-0.39, 0.29) is 17.8 Å². The lowest BCUT2D eigenvalue weighted by molar-refractivity contribution is 0.00578. The first-order chi connectivity index (χ1) is 12.8. The molecule has 3 rings (SSSR count). The molecule has 1 aromatic heterocycles. The van der Waals surface area contributed by atoms with E-state index < -0.39 is 7.12 Å². The lowest BCUT2D eigenvalue weighted by atomic mass is 9.81. The summed E-state index contributed by atoms with van der Waals surface area (Å²) in [6, 6.07) is 0.387. The number of aromatic nitrogens is 2. The number of piperidine rings is 1. The molecular formula is C19H32BN3O4. The minimum atomic E-state index is -0.455. The second-order valence-corrected chi connectivity index (χ2v) is 8.56. The zero-order valence-electron chi connectivity index (χ0n) is 17.0. The number of nitrogens with zero attached hydrogens (tertiary/aromatic N) is 3. The SMILES string of the molecule is CC1(C)OB(c2cnc(OCCC3CCCN(CCO)C3)nc2)OC1(C)C. The van der Waals surface area contributed by atoms with E-state index in [4.69, 9.17) is 19.2 Å². The van der Waals surface area contributed by atoms with Crippen LogP contribution in [0, 0.1) is 5.92 Å². The van der Waals surface area contributed by atoms with Crippen LogP contribution in [-0.4, -0.2) is 71.1 Å². The van der Waals surface area contributed by atoms with E-state index in [1.54, 1.807) is 12.4 Å². The first-order valence-electron chi connectivity index (χ1n) is 9.94. The maximum Gasteiger partial charge on any atom is 0.498 e. The van der Waals surface area contributed by atoms with Crippen LogP contribution in [-0.2, 0) is 9.31 Å². The first-order valence-corrected chi connectivity index (χ1v) is 9.94. The number of ether oxygens (including phenoxy) is 1. The quantitative estimate of drug-likeness (QED) is 0.717. The normalized spacial score (nSPS) is 24.9. The molecule has 0 amide bonds. The van der Waals surface area contributed by atoms with E-state index in [1.807, 2.05) is 27.7 Å². The van der Waals surface area contributed by atoms with Gasteiger partial charge in [0, 0.05) is 30.9 Å². The van der Waals surface area contributed by atoms with E-state index >= 15 is 0 Å². The third-order valence-electron chi connectivity index (χ3n) is 5.95. The maximum absolute atomic E-state index is 9.09. The second kappa shape index (κ2) is 8.43. The molecule has 0 aliphatic carbocycles. The van der Waals surface area contributed by atoms with Gasteiger partial charge in [-0.2, -0.15) is 0 Å². The van der Waals surface area contributed by atoms with E-state index in [9.17, 15) is 0 Å². The molecule has 0 bridgehead atoms. The number of hydrogen-bond donors (Lipinski definition) is 1. The molecule has 0 saturated carbocycles. The zero-order valence-corrected chi connectivity index (χ0v) is 17.0. The van der Waals surface area contributed by atoms with Gasteiger partial charge in [0.25, 0.3) is 0 Å². The van der Waals surface area contributed by atoms with Gasteiger partial charge in [-0.15, -0.1) is 0 Å². The molecule has 8 heteroatoms. The minimum absolute atomic E-state index is 0.228. The molecule has 2 aliphatic rings. The summed E-state index contributed by atoms with van der Waals surface area (Å²) in [7, 11) is -0.455. The Labute approximate surface area is 162 Å². The Morgan fingerprint density at radius 3 is 2.52 bits per heavy atom. The molecule has 1 atom stereocenters. The molecule has 150 valence electrons. The predicted molar refractivity (Wildman–Crippen MR) is 104 cm³/mol. The number of likely N-dealkylation sites (tertiary alicyclic amines) is 1. The molecule has 1 N–H and O–H groups in total. The van der Waals surface area contributed by atoms with Gasteiger partial charge in [0.05, 0.1) is 24.4 Å². The van der Waals surface area contributed by atoms with Crippen LogP contribution in [0.15, 0.2) is 12.4 Å². The van der Waals surface area contributed by atoms with Crippen molar-refractivity contribution >= 4 is 12.6 Å². The molecule has 2 aliphatic heterocycles. The van der Waals surface area contributed by atoms with Crippen LogP contribution in [0.5, 0.6) is 6.01 Å². The van der Waals surface area contributed by atoms with E-state index in [2.05, 4.69) is 14.9 Å². The summed E-state index contributed by atoms with van der Waals surface area (Å²) in [4.78, 5) is 10.9. The Kier molecular flexibility index (Phi) is 6.41. The van der Waals surface area contributed by atoms with Crippen molar-refractivity contribution in [2.75, 3.05) is 32.8 Å². The fourth-order valence-corrected chi connectivity index (χ4v) is 3.55. The zero-order chi connectivity index (χ0) is 19.5. The van der Waals surface area contributed by atoms with Crippen molar-refractivity contribution in [3.63, 3.8) is 0 Å². The largest absolute Gasteiger partial charge is 0.498 e. The lowest BCUT2D eigenvalue weighted by Gasteiger charge is -2.32. The molecule has 0 radical (unpaired) electrons. The second-order valence-electron chi connectivity index (χ2n) is 8.56. The third-order valence-corrected chi connectivity index (χ3v) is 5.95. The number of aliphatic hydroxyl groups is 1. The van der Waals surface area contributed by atoms with Crippen molar-refractivity contribution in [3.05, 3.63) is 12.4 Å². The number of rotatable bonds is 7. The molecule has 27 heavy (non-hydrogen) atoms. The molecule has 2 saturated heterocycles. The molecule has 0 aromatic carbocycles. The Hall–Kier alpha value is -1.22. The fraction of sp³-hybridized carbons (Fsp3) is 0.789. The Morgan fingerprint density at radius 1 is 1.22 bits per heavy atom. The van der Waals surface area contributed by atoms with Crippen LogP contribution in [0.25, 0.3) is 0 Å². The summed E-state index contributed by atoms with van der Waals surface area (Å²) >= 11 is 0. The molecule has 7 nitrogen and oxygen atoms in total. The maximum atomic E-state index is 9.09. The summed E-state index contributed by atoms with van der Waals surface area (Å²) in [5.41, 5.74) is 0.0425. The average molecular weight is 377 g/mol. The summed E-state index contributed by atoms with van der Waals surface area (Å²) in [5.74, 6) is 0.606. The topological polar surface area (TPSA) is 76.9 Å². The summed E-state index contributed by atoms with van der Waals surface area (Å²) < 4.78 is 17.8. The molecule has 2 fully saturated rings. The van der Waals surface area contributed by atoms with Crippen molar-refractivity contribution in [2.24, 2.45) is 5.92 Å². The standard InChI is InChI=1S/C19H32BN3O4/c1-18(2)19(3,4)27-20(26-18)16-12-21-17(22-13-16)25-11-7-15-6-5-8-23(14-15)9-10-24/h12-13,15,24H,5-11,14H2,1-4H3. The Morgan fingerprint density at radius 2 is 1.89 bits per heavy atom. The van der Waals surface area contributed by atoms with E-state index in [0.29, 0.717) is 18.5 Å². The van der Waals surface area contributed by atoms with Gasteiger partial charge in [0.1, 0.15) is 0 Å². The predicted octanol–water partition coefficient (Wildman–Crippen LogP) is 1.25. The van der Waals surface area contributed by atoms with Crippen LogP contribution in [0.1, 0.15) is 47.0 Å².